The van der Waals surface area contributed by atoms with Crippen molar-refractivity contribution in [3.05, 3.63) is 0 Å². The van der Waals surface area contributed by atoms with E-state index in [1.807, 2.05) is 0 Å². The molecule has 4 rings (SSSR count). The number of carboxylic acid groups (broad SMARTS) is 1. The van der Waals surface area contributed by atoms with Crippen molar-refractivity contribution < 1.29 is 33.8 Å². The first-order chi connectivity index (χ1) is 16.4. The van der Waals surface area contributed by atoms with Crippen LogP contribution in [0.15, 0.2) is 0 Å². The van der Waals surface area contributed by atoms with Gasteiger partial charge in [-0.3, -0.25) is 19.2 Å². The number of carboxylic acids is 1. The van der Waals surface area contributed by atoms with Gasteiger partial charge in [-0.05, 0) is 79.4 Å². The van der Waals surface area contributed by atoms with Crippen LogP contribution in [0.1, 0.15) is 92.4 Å². The molecule has 4 saturated carbocycles. The van der Waals surface area contributed by atoms with E-state index in [2.05, 4.69) is 20.8 Å². The maximum atomic E-state index is 13.8. The SMILES string of the molecule is CC(=O)OC1CC[C@@]2(C)C(CC(=O)[C@H]3[C@@H]4CC[C@H]([C@H](C)CCC(=O)O)[C@@]4(C)CC(OC(C)=O)[C@@H]32)C1. The number of rotatable bonds is 6. The molecular weight excluding hydrogens is 448 g/mol. The fourth-order valence-corrected chi connectivity index (χ4v) is 9.16. The van der Waals surface area contributed by atoms with Gasteiger partial charge in [0.15, 0.2) is 0 Å². The Balaban J connectivity index is 1.66. The molecule has 0 saturated heterocycles. The van der Waals surface area contributed by atoms with E-state index in [0.717, 1.165) is 32.1 Å². The molecule has 3 unspecified atom stereocenters. The molecule has 1 N–H and O–H groups in total. The Kier molecular flexibility index (Phi) is 7.11. The lowest BCUT2D eigenvalue weighted by molar-refractivity contribution is -0.201. The Labute approximate surface area is 208 Å². The highest BCUT2D eigenvalue weighted by atomic mass is 16.5. The van der Waals surface area contributed by atoms with Gasteiger partial charge < -0.3 is 14.6 Å². The summed E-state index contributed by atoms with van der Waals surface area (Å²) in [6.07, 6.45) is 5.79. The molecular formula is C28H42O7. The minimum atomic E-state index is -0.774. The molecule has 7 heteroatoms. The van der Waals surface area contributed by atoms with Gasteiger partial charge in [0.1, 0.15) is 18.0 Å². The Morgan fingerprint density at radius 2 is 1.74 bits per heavy atom. The molecule has 0 amide bonds. The Hall–Kier alpha value is -1.92. The van der Waals surface area contributed by atoms with Crippen molar-refractivity contribution in [2.75, 3.05) is 0 Å². The van der Waals surface area contributed by atoms with Crippen LogP contribution in [0.25, 0.3) is 0 Å². The summed E-state index contributed by atoms with van der Waals surface area (Å²) in [6, 6.07) is 0. The van der Waals surface area contributed by atoms with Gasteiger partial charge in [0, 0.05) is 38.5 Å². The van der Waals surface area contributed by atoms with Crippen molar-refractivity contribution >= 4 is 23.7 Å². The molecule has 0 aromatic rings. The second kappa shape index (κ2) is 9.51. The van der Waals surface area contributed by atoms with Crippen LogP contribution in [-0.2, 0) is 28.7 Å². The monoisotopic (exact) mass is 490 g/mol. The zero-order chi connectivity index (χ0) is 25.7. The number of aliphatic carboxylic acids is 1. The van der Waals surface area contributed by atoms with Crippen molar-refractivity contribution in [3.8, 4) is 0 Å². The molecule has 0 bridgehead atoms. The molecule has 4 aliphatic carbocycles. The van der Waals surface area contributed by atoms with Crippen LogP contribution in [0.2, 0.25) is 0 Å². The molecule has 4 aliphatic rings. The summed E-state index contributed by atoms with van der Waals surface area (Å²) < 4.78 is 11.6. The zero-order valence-electron chi connectivity index (χ0n) is 21.9. The topological polar surface area (TPSA) is 107 Å². The molecule has 10 atom stereocenters. The van der Waals surface area contributed by atoms with E-state index in [1.54, 1.807) is 0 Å². The van der Waals surface area contributed by atoms with Crippen LogP contribution in [0, 0.1) is 46.3 Å². The quantitative estimate of drug-likeness (QED) is 0.533. The third-order valence-electron chi connectivity index (χ3n) is 10.6. The zero-order valence-corrected chi connectivity index (χ0v) is 21.9. The Bertz CT molecular complexity index is 883. The van der Waals surface area contributed by atoms with Crippen LogP contribution >= 0.6 is 0 Å². The van der Waals surface area contributed by atoms with Gasteiger partial charge >= 0.3 is 17.9 Å². The third kappa shape index (κ3) is 4.64. The van der Waals surface area contributed by atoms with Gasteiger partial charge in [0.25, 0.3) is 0 Å². The van der Waals surface area contributed by atoms with E-state index >= 15 is 0 Å². The number of hydrogen-bond acceptors (Lipinski definition) is 6. The average molecular weight is 491 g/mol. The number of carbonyl (C=O) groups excluding carboxylic acids is 3. The fourth-order valence-electron chi connectivity index (χ4n) is 9.16. The minimum absolute atomic E-state index is 0.0259. The maximum absolute atomic E-state index is 13.8. The number of fused-ring (bicyclic) bond motifs is 5. The lowest BCUT2D eigenvalue weighted by atomic mass is 9.43. The van der Waals surface area contributed by atoms with Crippen LogP contribution < -0.4 is 0 Å². The molecule has 0 aromatic heterocycles. The van der Waals surface area contributed by atoms with E-state index in [1.165, 1.54) is 13.8 Å². The van der Waals surface area contributed by atoms with E-state index in [9.17, 15) is 24.3 Å². The van der Waals surface area contributed by atoms with E-state index in [0.29, 0.717) is 25.2 Å². The predicted octanol–water partition coefficient (Wildman–Crippen LogP) is 4.80. The lowest BCUT2D eigenvalue weighted by Crippen LogP contribution is -2.62. The Morgan fingerprint density at radius 1 is 1.06 bits per heavy atom. The molecule has 196 valence electrons. The lowest BCUT2D eigenvalue weighted by Gasteiger charge is -2.62. The van der Waals surface area contributed by atoms with Gasteiger partial charge in [-0.1, -0.05) is 20.8 Å². The Morgan fingerprint density at radius 3 is 2.37 bits per heavy atom. The molecule has 0 spiro atoms. The minimum Gasteiger partial charge on any atom is -0.481 e. The van der Waals surface area contributed by atoms with Crippen molar-refractivity contribution in [2.45, 2.75) is 105 Å². The second-order valence-electron chi connectivity index (χ2n) is 12.5. The molecule has 4 fully saturated rings. The van der Waals surface area contributed by atoms with Gasteiger partial charge in [-0.2, -0.15) is 0 Å². The molecule has 7 nitrogen and oxygen atoms in total. The standard InChI is InChI=1S/C28H42O7/c1-15(6-9-24(32)33)20-7-8-21-25-22(31)13-18-12-19(34-16(2)29)10-11-27(18,4)26(25)23(35-17(3)30)14-28(20,21)5/h15,18-21,23,25-26H,6-14H2,1-5H3,(H,32,33)/t15-,18?,19?,20-,21+,23?,25-,26+,27+,28-/m1/s1. The summed E-state index contributed by atoms with van der Waals surface area (Å²) in [6.45, 7) is 9.56. The first-order valence-electron chi connectivity index (χ1n) is 13.5. The smallest absolute Gasteiger partial charge is 0.303 e. The predicted molar refractivity (Wildman–Crippen MR) is 128 cm³/mol. The second-order valence-corrected chi connectivity index (χ2v) is 12.5. The highest BCUT2D eigenvalue weighted by Gasteiger charge is 2.66. The van der Waals surface area contributed by atoms with Crippen LogP contribution in [0.3, 0.4) is 0 Å². The summed E-state index contributed by atoms with van der Waals surface area (Å²) in [5.74, 6) is -0.368. The first kappa shape index (κ1) is 26.2. The van der Waals surface area contributed by atoms with Crippen molar-refractivity contribution in [3.63, 3.8) is 0 Å². The van der Waals surface area contributed by atoms with Gasteiger partial charge in [-0.15, -0.1) is 0 Å². The van der Waals surface area contributed by atoms with E-state index in [-0.39, 0.29) is 76.8 Å². The molecule has 35 heavy (non-hydrogen) atoms. The first-order valence-corrected chi connectivity index (χ1v) is 13.5. The number of hydrogen-bond donors (Lipinski definition) is 1. The highest BCUT2D eigenvalue weighted by Crippen LogP contribution is 2.68. The fraction of sp³-hybridized carbons (Fsp3) is 0.857. The number of esters is 2. The van der Waals surface area contributed by atoms with Gasteiger partial charge in [0.2, 0.25) is 0 Å². The van der Waals surface area contributed by atoms with Gasteiger partial charge in [0.05, 0.1) is 0 Å². The van der Waals surface area contributed by atoms with E-state index < -0.39 is 5.97 Å². The van der Waals surface area contributed by atoms with Crippen LogP contribution in [-0.4, -0.2) is 41.0 Å². The van der Waals surface area contributed by atoms with Crippen LogP contribution in [0.4, 0.5) is 0 Å². The number of ether oxygens (including phenoxy) is 2. The largest absolute Gasteiger partial charge is 0.481 e. The van der Waals surface area contributed by atoms with E-state index in [4.69, 9.17) is 9.47 Å². The van der Waals surface area contributed by atoms with Crippen molar-refractivity contribution in [1.29, 1.82) is 0 Å². The summed E-state index contributed by atoms with van der Waals surface area (Å²) in [4.78, 5) is 48.9. The van der Waals surface area contributed by atoms with Crippen molar-refractivity contribution in [2.24, 2.45) is 46.3 Å². The van der Waals surface area contributed by atoms with Gasteiger partial charge in [-0.25, -0.2) is 0 Å². The van der Waals surface area contributed by atoms with Crippen molar-refractivity contribution in [1.82, 2.24) is 0 Å². The summed E-state index contributed by atoms with van der Waals surface area (Å²) in [7, 11) is 0. The number of carbonyl (C=O) groups is 4. The maximum Gasteiger partial charge on any atom is 0.303 e. The normalized spacial score (nSPS) is 43.3. The molecule has 0 radical (unpaired) electrons. The van der Waals surface area contributed by atoms with Crippen LogP contribution in [0.5, 0.6) is 0 Å². The molecule has 0 heterocycles. The molecule has 0 aromatic carbocycles. The molecule has 0 aliphatic heterocycles. The summed E-state index contributed by atoms with van der Waals surface area (Å²) >= 11 is 0. The average Bonchev–Trinajstić information content (AvgIpc) is 3.08. The number of Topliss-reactive ketones (excluding diaryl/α,β-unsaturated/α-hetero) is 1. The summed E-state index contributed by atoms with van der Waals surface area (Å²) in [5.41, 5.74) is -0.309. The summed E-state index contributed by atoms with van der Waals surface area (Å²) in [5, 5.41) is 9.21. The highest BCUT2D eigenvalue weighted by molar-refractivity contribution is 5.84. The third-order valence-corrected chi connectivity index (χ3v) is 10.6. The number of ketones is 1.